The van der Waals surface area contributed by atoms with Gasteiger partial charge in [-0.05, 0) is 12.6 Å². The quantitative estimate of drug-likeness (QED) is 0.459. The summed E-state index contributed by atoms with van der Waals surface area (Å²) >= 11 is 0. The van der Waals surface area contributed by atoms with Crippen molar-refractivity contribution in [1.29, 1.82) is 5.41 Å². The first kappa shape index (κ1) is 8.74. The van der Waals surface area contributed by atoms with Gasteiger partial charge >= 0.3 is 0 Å². The van der Waals surface area contributed by atoms with Crippen LogP contribution in [0.1, 0.15) is 12.0 Å². The maximum atomic E-state index is 7.61. The van der Waals surface area contributed by atoms with E-state index < -0.39 is 0 Å². The second kappa shape index (κ2) is 3.88. The van der Waals surface area contributed by atoms with E-state index in [1.54, 1.807) is 6.07 Å². The lowest BCUT2D eigenvalue weighted by molar-refractivity contribution is 1.03. The van der Waals surface area contributed by atoms with Crippen LogP contribution in [-0.4, -0.2) is 12.3 Å². The molecule has 0 atom stereocenters. The highest BCUT2D eigenvalue weighted by Gasteiger charge is 2.02. The minimum Gasteiger partial charge on any atom is -0.398 e. The molecule has 0 aromatic heterocycles. The Hall–Kier alpha value is -1.35. The van der Waals surface area contributed by atoms with Gasteiger partial charge in [-0.15, -0.1) is 0 Å². The second-order valence-electron chi connectivity index (χ2n) is 2.60. The zero-order valence-electron chi connectivity index (χ0n) is 6.88. The van der Waals surface area contributed by atoms with Gasteiger partial charge in [0.2, 0.25) is 0 Å². The van der Waals surface area contributed by atoms with E-state index in [0.29, 0.717) is 24.4 Å². The van der Waals surface area contributed by atoms with E-state index in [4.69, 9.17) is 16.9 Å². The van der Waals surface area contributed by atoms with E-state index in [0.717, 1.165) is 5.56 Å². The molecule has 0 fully saturated rings. The molecule has 0 saturated carbocycles. The molecule has 1 rings (SSSR count). The van der Waals surface area contributed by atoms with Crippen LogP contribution in [0.15, 0.2) is 24.3 Å². The van der Waals surface area contributed by atoms with Gasteiger partial charge in [0.25, 0.3) is 0 Å². The number of nitrogens with one attached hydrogen (secondary N) is 1. The zero-order chi connectivity index (χ0) is 8.97. The van der Waals surface area contributed by atoms with Crippen molar-refractivity contribution in [2.24, 2.45) is 5.73 Å². The molecule has 0 aliphatic carbocycles. The van der Waals surface area contributed by atoms with Crippen LogP contribution in [0.3, 0.4) is 0 Å². The normalized spacial score (nSPS) is 9.75. The molecule has 3 heteroatoms. The Balaban J connectivity index is 2.87. The van der Waals surface area contributed by atoms with E-state index in [2.05, 4.69) is 0 Å². The molecular weight excluding hydrogens is 150 g/mol. The number of nitrogen functional groups attached to an aromatic ring is 1. The van der Waals surface area contributed by atoms with E-state index in [1.165, 1.54) is 0 Å². The molecule has 5 N–H and O–H groups in total. The summed E-state index contributed by atoms with van der Waals surface area (Å²) in [6, 6.07) is 7.36. The van der Waals surface area contributed by atoms with Gasteiger partial charge in [0.1, 0.15) is 0 Å². The van der Waals surface area contributed by atoms with Crippen LogP contribution in [0.4, 0.5) is 5.69 Å². The van der Waals surface area contributed by atoms with Crippen molar-refractivity contribution < 1.29 is 0 Å². The number of para-hydroxylation sites is 1. The summed E-state index contributed by atoms with van der Waals surface area (Å²) in [6.07, 6.45) is 0.578. The fourth-order valence-corrected chi connectivity index (χ4v) is 1.05. The third-order valence-corrected chi connectivity index (χ3v) is 1.68. The zero-order valence-corrected chi connectivity index (χ0v) is 6.88. The first-order valence-electron chi connectivity index (χ1n) is 3.88. The van der Waals surface area contributed by atoms with Gasteiger partial charge in [-0.3, -0.25) is 0 Å². The van der Waals surface area contributed by atoms with Crippen molar-refractivity contribution in [3.05, 3.63) is 29.8 Å². The smallest absolute Gasteiger partial charge is 0.0419 e. The Morgan fingerprint density at radius 2 is 2.00 bits per heavy atom. The first-order chi connectivity index (χ1) is 5.75. The predicted octanol–water partition coefficient (Wildman–Crippen LogP) is 0.985. The minimum absolute atomic E-state index is 0.493. The highest BCUT2D eigenvalue weighted by molar-refractivity contribution is 6.02. The molecule has 1 aromatic carbocycles. The van der Waals surface area contributed by atoms with Crippen molar-refractivity contribution >= 4 is 11.4 Å². The molecule has 0 aliphatic heterocycles. The Labute approximate surface area is 71.9 Å². The summed E-state index contributed by atoms with van der Waals surface area (Å²) in [6.45, 7) is 0.493. The molecule has 0 heterocycles. The van der Waals surface area contributed by atoms with Crippen molar-refractivity contribution in [2.45, 2.75) is 6.42 Å². The SMILES string of the molecule is N=C(CCN)c1ccccc1N. The van der Waals surface area contributed by atoms with Crippen molar-refractivity contribution in [3.63, 3.8) is 0 Å². The fourth-order valence-electron chi connectivity index (χ4n) is 1.05. The Morgan fingerprint density at radius 3 is 2.58 bits per heavy atom. The van der Waals surface area contributed by atoms with Gasteiger partial charge in [0.15, 0.2) is 0 Å². The highest BCUT2D eigenvalue weighted by Crippen LogP contribution is 2.11. The van der Waals surface area contributed by atoms with Crippen LogP contribution in [-0.2, 0) is 0 Å². The maximum absolute atomic E-state index is 7.61. The molecule has 0 radical (unpaired) electrons. The highest BCUT2D eigenvalue weighted by atomic mass is 14.6. The van der Waals surface area contributed by atoms with Crippen LogP contribution in [0.5, 0.6) is 0 Å². The van der Waals surface area contributed by atoms with Crippen LogP contribution in [0, 0.1) is 5.41 Å². The predicted molar refractivity (Wildman–Crippen MR) is 51.4 cm³/mol. The first-order valence-corrected chi connectivity index (χ1v) is 3.88. The average Bonchev–Trinajstić information content (AvgIpc) is 2.05. The molecule has 64 valence electrons. The summed E-state index contributed by atoms with van der Waals surface area (Å²) in [5.74, 6) is 0. The van der Waals surface area contributed by atoms with Crippen LogP contribution < -0.4 is 11.5 Å². The molecule has 12 heavy (non-hydrogen) atoms. The third-order valence-electron chi connectivity index (χ3n) is 1.68. The van der Waals surface area contributed by atoms with Gasteiger partial charge in [-0.2, -0.15) is 0 Å². The van der Waals surface area contributed by atoms with Gasteiger partial charge in [-0.1, -0.05) is 18.2 Å². The van der Waals surface area contributed by atoms with Gasteiger partial charge in [-0.25, -0.2) is 0 Å². The Bertz CT molecular complexity index is 281. The van der Waals surface area contributed by atoms with Crippen molar-refractivity contribution in [3.8, 4) is 0 Å². The summed E-state index contributed by atoms with van der Waals surface area (Å²) in [5, 5.41) is 7.61. The monoisotopic (exact) mass is 163 g/mol. The molecule has 0 spiro atoms. The van der Waals surface area contributed by atoms with Crippen LogP contribution >= 0.6 is 0 Å². The van der Waals surface area contributed by atoms with Crippen molar-refractivity contribution in [2.75, 3.05) is 12.3 Å². The third kappa shape index (κ3) is 1.83. The minimum atomic E-state index is 0.493. The van der Waals surface area contributed by atoms with E-state index in [9.17, 15) is 0 Å². The Kier molecular flexibility index (Phi) is 2.82. The molecule has 0 amide bonds. The molecule has 1 aromatic rings. The van der Waals surface area contributed by atoms with Gasteiger partial charge < -0.3 is 16.9 Å². The summed E-state index contributed by atoms with van der Waals surface area (Å²) in [4.78, 5) is 0. The lowest BCUT2D eigenvalue weighted by Crippen LogP contribution is -2.09. The number of hydrogen-bond donors (Lipinski definition) is 3. The molecule has 3 nitrogen and oxygen atoms in total. The van der Waals surface area contributed by atoms with Gasteiger partial charge in [0.05, 0.1) is 0 Å². The van der Waals surface area contributed by atoms with Crippen LogP contribution in [0.2, 0.25) is 0 Å². The molecule has 0 bridgehead atoms. The largest absolute Gasteiger partial charge is 0.398 e. The maximum Gasteiger partial charge on any atom is 0.0419 e. The Morgan fingerprint density at radius 1 is 1.33 bits per heavy atom. The molecule has 0 aliphatic rings. The summed E-state index contributed by atoms with van der Waals surface area (Å²) < 4.78 is 0. The average molecular weight is 163 g/mol. The lowest BCUT2D eigenvalue weighted by atomic mass is 10.1. The second-order valence-corrected chi connectivity index (χ2v) is 2.60. The summed E-state index contributed by atoms with van der Waals surface area (Å²) in [7, 11) is 0. The van der Waals surface area contributed by atoms with Crippen LogP contribution in [0.25, 0.3) is 0 Å². The van der Waals surface area contributed by atoms with Crippen molar-refractivity contribution in [1.82, 2.24) is 0 Å². The van der Waals surface area contributed by atoms with Gasteiger partial charge in [0, 0.05) is 23.4 Å². The number of anilines is 1. The number of hydrogen-bond acceptors (Lipinski definition) is 3. The topological polar surface area (TPSA) is 75.9 Å². The van der Waals surface area contributed by atoms with E-state index >= 15 is 0 Å². The lowest BCUT2D eigenvalue weighted by Gasteiger charge is -2.04. The standard InChI is InChI=1S/C9H13N3/c10-6-5-9(12)7-3-1-2-4-8(7)11/h1-4,12H,5-6,10-11H2. The fraction of sp³-hybridized carbons (Fsp3) is 0.222. The number of nitrogens with two attached hydrogens (primary N) is 2. The summed E-state index contributed by atoms with van der Waals surface area (Å²) in [5.41, 5.74) is 13.0. The van der Waals surface area contributed by atoms with E-state index in [-0.39, 0.29) is 0 Å². The number of benzene rings is 1. The molecular formula is C9H13N3. The number of rotatable bonds is 3. The van der Waals surface area contributed by atoms with E-state index in [1.807, 2.05) is 18.2 Å². The molecule has 0 unspecified atom stereocenters. The molecule has 0 saturated heterocycles.